The van der Waals surface area contributed by atoms with Gasteiger partial charge in [-0.25, -0.2) is 0 Å². The Kier molecular flexibility index (Phi) is 5.56. The van der Waals surface area contributed by atoms with Crippen molar-refractivity contribution in [1.82, 2.24) is 15.1 Å². The lowest BCUT2D eigenvalue weighted by molar-refractivity contribution is -0.135. The zero-order valence-corrected chi connectivity index (χ0v) is 15.7. The van der Waals surface area contributed by atoms with Gasteiger partial charge in [-0.05, 0) is 25.8 Å². The third-order valence-corrected chi connectivity index (χ3v) is 5.21. The number of benzene rings is 1. The summed E-state index contributed by atoms with van der Waals surface area (Å²) in [6.07, 6.45) is 1.30. The molecule has 132 valence electrons. The Labute approximate surface area is 159 Å². The van der Waals surface area contributed by atoms with Crippen LogP contribution in [0.3, 0.4) is 0 Å². The maximum atomic E-state index is 12.5. The molecule has 1 fully saturated rings. The number of nitrogens with zero attached hydrogens (tertiary/aromatic N) is 3. The Balaban J connectivity index is 1.70. The van der Waals surface area contributed by atoms with Crippen molar-refractivity contribution in [2.24, 2.45) is 0 Å². The molecule has 1 aliphatic heterocycles. The van der Waals surface area contributed by atoms with E-state index in [9.17, 15) is 9.59 Å². The van der Waals surface area contributed by atoms with Crippen LogP contribution in [-0.2, 0) is 9.59 Å². The van der Waals surface area contributed by atoms with Crippen LogP contribution in [0.4, 0.5) is 5.13 Å². The first kappa shape index (κ1) is 18.1. The minimum absolute atomic E-state index is 0.299. The summed E-state index contributed by atoms with van der Waals surface area (Å²) in [6, 6.07) is 7.31. The lowest BCUT2D eigenvalue weighted by atomic mass is 10.1. The third kappa shape index (κ3) is 4.11. The summed E-state index contributed by atoms with van der Waals surface area (Å²) < 4.78 is 0. The Hall–Kier alpha value is -1.70. The molecule has 0 aliphatic carbocycles. The number of rotatable bonds is 4. The minimum Gasteiger partial charge on any atom is -0.328 e. The molecule has 0 radical (unpaired) electrons. The first-order chi connectivity index (χ1) is 12.0. The van der Waals surface area contributed by atoms with E-state index in [-0.39, 0.29) is 5.91 Å². The van der Waals surface area contributed by atoms with Gasteiger partial charge in [-0.1, -0.05) is 58.3 Å². The van der Waals surface area contributed by atoms with Gasteiger partial charge in [0.2, 0.25) is 11.0 Å². The number of aryl methyl sites for hydroxylation is 1. The molecule has 2 amide bonds. The van der Waals surface area contributed by atoms with Crippen LogP contribution in [0, 0.1) is 6.92 Å². The standard InChI is InChI=1S/C16H16Cl2N4O2S/c1-9-4-2-5-10(8-9)14-20-21-16(25-14)19-13(23)11-6-3-7-22(11)15(24)12(17)18/h2,4-5,8,11-12H,3,6-7H2,1H3,(H,19,21,23)/t11-/m1/s1. The highest BCUT2D eigenvalue weighted by Gasteiger charge is 2.36. The molecule has 6 nitrogen and oxygen atoms in total. The summed E-state index contributed by atoms with van der Waals surface area (Å²) in [5.74, 6) is -0.745. The molecule has 1 aliphatic rings. The van der Waals surface area contributed by atoms with Gasteiger partial charge in [-0.2, -0.15) is 0 Å². The van der Waals surface area contributed by atoms with Crippen LogP contribution >= 0.6 is 34.5 Å². The summed E-state index contributed by atoms with van der Waals surface area (Å²) in [5.41, 5.74) is 2.07. The molecule has 1 atom stereocenters. The average molecular weight is 399 g/mol. The SMILES string of the molecule is Cc1cccc(-c2nnc(NC(=O)[C@H]3CCCN3C(=O)C(Cl)Cl)s2)c1. The zero-order valence-electron chi connectivity index (χ0n) is 13.4. The van der Waals surface area contributed by atoms with E-state index in [1.54, 1.807) is 0 Å². The maximum absolute atomic E-state index is 12.5. The highest BCUT2D eigenvalue weighted by Crippen LogP contribution is 2.28. The highest BCUT2D eigenvalue weighted by molar-refractivity contribution is 7.18. The number of likely N-dealkylation sites (tertiary alicyclic amines) is 1. The molecular weight excluding hydrogens is 383 g/mol. The average Bonchev–Trinajstić information content (AvgIpc) is 3.23. The normalized spacial score (nSPS) is 17.1. The molecule has 1 saturated heterocycles. The number of hydrogen-bond acceptors (Lipinski definition) is 5. The van der Waals surface area contributed by atoms with Crippen LogP contribution in [0.1, 0.15) is 18.4 Å². The molecule has 2 aromatic rings. The van der Waals surface area contributed by atoms with Crippen molar-refractivity contribution in [3.8, 4) is 10.6 Å². The van der Waals surface area contributed by atoms with Gasteiger partial charge in [-0.15, -0.1) is 10.2 Å². The molecule has 1 aromatic heterocycles. The van der Waals surface area contributed by atoms with Gasteiger partial charge in [0.05, 0.1) is 0 Å². The Morgan fingerprint density at radius 2 is 2.16 bits per heavy atom. The van der Waals surface area contributed by atoms with Crippen LogP contribution in [-0.4, -0.2) is 44.3 Å². The Bertz CT molecular complexity index is 796. The predicted octanol–water partition coefficient (Wildman–Crippen LogP) is 3.25. The van der Waals surface area contributed by atoms with E-state index in [2.05, 4.69) is 15.5 Å². The number of carbonyl (C=O) groups is 2. The van der Waals surface area contributed by atoms with Gasteiger partial charge in [-0.3, -0.25) is 14.9 Å². The largest absolute Gasteiger partial charge is 0.328 e. The third-order valence-electron chi connectivity index (χ3n) is 3.95. The number of hydrogen-bond donors (Lipinski definition) is 1. The van der Waals surface area contributed by atoms with Crippen molar-refractivity contribution in [3.05, 3.63) is 29.8 Å². The quantitative estimate of drug-likeness (QED) is 0.801. The van der Waals surface area contributed by atoms with Crippen molar-refractivity contribution in [2.45, 2.75) is 30.6 Å². The number of anilines is 1. The van der Waals surface area contributed by atoms with Gasteiger partial charge < -0.3 is 4.90 Å². The van der Waals surface area contributed by atoms with Crippen molar-refractivity contribution in [1.29, 1.82) is 0 Å². The molecule has 9 heteroatoms. The van der Waals surface area contributed by atoms with Crippen molar-refractivity contribution < 1.29 is 9.59 Å². The molecule has 2 heterocycles. The fourth-order valence-corrected chi connectivity index (χ4v) is 3.78. The van der Waals surface area contributed by atoms with E-state index < -0.39 is 16.8 Å². The summed E-state index contributed by atoms with van der Waals surface area (Å²) in [5, 5.41) is 12.0. The number of alkyl halides is 2. The monoisotopic (exact) mass is 398 g/mol. The van der Waals surface area contributed by atoms with Crippen molar-refractivity contribution >= 4 is 51.5 Å². The summed E-state index contributed by atoms with van der Waals surface area (Å²) >= 11 is 12.6. The van der Waals surface area contributed by atoms with Crippen LogP contribution in [0.15, 0.2) is 24.3 Å². The Morgan fingerprint density at radius 3 is 2.88 bits per heavy atom. The van der Waals surface area contributed by atoms with E-state index >= 15 is 0 Å². The molecule has 0 saturated carbocycles. The van der Waals surface area contributed by atoms with Crippen LogP contribution in [0.25, 0.3) is 10.6 Å². The van der Waals surface area contributed by atoms with Gasteiger partial charge in [0.1, 0.15) is 11.0 Å². The second-order valence-corrected chi connectivity index (χ2v) is 7.84. The van der Waals surface area contributed by atoms with Gasteiger partial charge in [0.15, 0.2) is 4.84 Å². The number of halogens is 2. The highest BCUT2D eigenvalue weighted by atomic mass is 35.5. The van der Waals surface area contributed by atoms with Gasteiger partial charge >= 0.3 is 0 Å². The number of nitrogens with one attached hydrogen (secondary N) is 1. The fraction of sp³-hybridized carbons (Fsp3) is 0.375. The lowest BCUT2D eigenvalue weighted by Crippen LogP contribution is -2.45. The number of carbonyl (C=O) groups excluding carboxylic acids is 2. The van der Waals surface area contributed by atoms with E-state index in [1.165, 1.54) is 16.2 Å². The molecule has 0 spiro atoms. The molecule has 25 heavy (non-hydrogen) atoms. The van der Waals surface area contributed by atoms with Gasteiger partial charge in [0.25, 0.3) is 5.91 Å². The zero-order chi connectivity index (χ0) is 18.0. The van der Waals surface area contributed by atoms with E-state index in [1.807, 2.05) is 31.2 Å². The fourth-order valence-electron chi connectivity index (χ4n) is 2.79. The van der Waals surface area contributed by atoms with E-state index in [4.69, 9.17) is 23.2 Å². The first-order valence-electron chi connectivity index (χ1n) is 7.76. The molecule has 1 N–H and O–H groups in total. The maximum Gasteiger partial charge on any atom is 0.256 e. The van der Waals surface area contributed by atoms with E-state index in [0.717, 1.165) is 22.6 Å². The molecule has 0 bridgehead atoms. The summed E-state index contributed by atoms with van der Waals surface area (Å²) in [7, 11) is 0. The van der Waals surface area contributed by atoms with Crippen LogP contribution < -0.4 is 5.32 Å². The van der Waals surface area contributed by atoms with E-state index in [0.29, 0.717) is 18.1 Å². The van der Waals surface area contributed by atoms with Crippen LogP contribution in [0.2, 0.25) is 0 Å². The smallest absolute Gasteiger partial charge is 0.256 e. The summed E-state index contributed by atoms with van der Waals surface area (Å²) in [4.78, 5) is 24.7. The molecule has 3 rings (SSSR count). The van der Waals surface area contributed by atoms with Crippen molar-refractivity contribution in [3.63, 3.8) is 0 Å². The lowest BCUT2D eigenvalue weighted by Gasteiger charge is -2.23. The minimum atomic E-state index is -1.16. The predicted molar refractivity (Wildman–Crippen MR) is 98.9 cm³/mol. The molecule has 1 aromatic carbocycles. The number of aromatic nitrogens is 2. The topological polar surface area (TPSA) is 75.2 Å². The molecule has 0 unspecified atom stereocenters. The van der Waals surface area contributed by atoms with Crippen molar-refractivity contribution in [2.75, 3.05) is 11.9 Å². The molecular formula is C16H16Cl2N4O2S. The second-order valence-electron chi connectivity index (χ2n) is 5.76. The number of amides is 2. The summed E-state index contributed by atoms with van der Waals surface area (Å²) in [6.45, 7) is 2.47. The second kappa shape index (κ2) is 7.68. The van der Waals surface area contributed by atoms with Crippen LogP contribution in [0.5, 0.6) is 0 Å². The van der Waals surface area contributed by atoms with Gasteiger partial charge in [0, 0.05) is 12.1 Å². The Morgan fingerprint density at radius 1 is 1.36 bits per heavy atom. The first-order valence-corrected chi connectivity index (χ1v) is 9.44.